The van der Waals surface area contributed by atoms with Gasteiger partial charge in [0.25, 0.3) is 5.91 Å². The summed E-state index contributed by atoms with van der Waals surface area (Å²) in [4.78, 5) is 27.5. The number of rotatable bonds is 7. The molecular weight excluding hydrogens is 391 g/mol. The van der Waals surface area contributed by atoms with Gasteiger partial charge in [0, 0.05) is 24.7 Å². The van der Waals surface area contributed by atoms with Crippen LogP contribution in [0.1, 0.15) is 26.8 Å². The van der Waals surface area contributed by atoms with E-state index in [1.165, 1.54) is 23.5 Å². The zero-order valence-electron chi connectivity index (χ0n) is 16.1. The van der Waals surface area contributed by atoms with E-state index in [4.69, 9.17) is 4.74 Å². The predicted molar refractivity (Wildman–Crippen MR) is 112 cm³/mol. The summed E-state index contributed by atoms with van der Waals surface area (Å²) in [6.07, 6.45) is 0. The summed E-state index contributed by atoms with van der Waals surface area (Å²) in [5.74, 6) is -1.36. The van der Waals surface area contributed by atoms with Crippen molar-refractivity contribution in [3.8, 4) is 0 Å². The number of hydrogen-bond donors (Lipinski definition) is 1. The van der Waals surface area contributed by atoms with E-state index < -0.39 is 24.5 Å². The Morgan fingerprint density at radius 1 is 1.10 bits per heavy atom. The first-order valence-electron chi connectivity index (χ1n) is 8.97. The molecule has 0 bridgehead atoms. The van der Waals surface area contributed by atoms with Gasteiger partial charge in [-0.2, -0.15) is 0 Å². The Morgan fingerprint density at radius 3 is 2.52 bits per heavy atom. The normalized spacial score (nSPS) is 11.6. The molecule has 0 aliphatic carbocycles. The van der Waals surface area contributed by atoms with Crippen molar-refractivity contribution in [1.29, 1.82) is 0 Å². The molecule has 1 N–H and O–H groups in total. The van der Waals surface area contributed by atoms with Crippen molar-refractivity contribution >= 4 is 28.9 Å². The van der Waals surface area contributed by atoms with Crippen LogP contribution in [0, 0.1) is 5.82 Å². The Bertz CT molecular complexity index is 972. The fourth-order valence-electron chi connectivity index (χ4n) is 2.76. The standard InChI is InChI=1S/C22H21FN2O3S/c1-25(2)18-6-3-5-16(13-18)22(27)28-14-20(26)24-21(19-7-4-12-29-19)15-8-10-17(23)11-9-15/h3-13,21H,14H2,1-2H3,(H,24,26)/t21-/m0/s1. The number of anilines is 1. The van der Waals surface area contributed by atoms with Crippen molar-refractivity contribution in [2.75, 3.05) is 25.6 Å². The number of ether oxygens (including phenoxy) is 1. The van der Waals surface area contributed by atoms with Crippen LogP contribution in [0.5, 0.6) is 0 Å². The topological polar surface area (TPSA) is 58.6 Å². The highest BCUT2D eigenvalue weighted by atomic mass is 32.1. The molecule has 1 amide bonds. The van der Waals surface area contributed by atoms with Crippen LogP contribution in [0.2, 0.25) is 0 Å². The molecule has 2 aromatic carbocycles. The highest BCUT2D eigenvalue weighted by Crippen LogP contribution is 2.26. The van der Waals surface area contributed by atoms with Crippen molar-refractivity contribution in [2.45, 2.75) is 6.04 Å². The number of thiophene rings is 1. The van der Waals surface area contributed by atoms with Gasteiger partial charge in [0.1, 0.15) is 5.82 Å². The van der Waals surface area contributed by atoms with Crippen molar-refractivity contribution in [2.24, 2.45) is 0 Å². The van der Waals surface area contributed by atoms with Crippen LogP contribution in [0.25, 0.3) is 0 Å². The molecular formula is C22H21FN2O3S. The third-order valence-corrected chi connectivity index (χ3v) is 5.21. The van der Waals surface area contributed by atoms with Crippen LogP contribution >= 0.6 is 11.3 Å². The summed E-state index contributed by atoms with van der Waals surface area (Å²) in [6.45, 7) is -0.409. The van der Waals surface area contributed by atoms with Gasteiger partial charge in [-0.3, -0.25) is 4.79 Å². The average Bonchev–Trinajstić information content (AvgIpc) is 3.25. The summed E-state index contributed by atoms with van der Waals surface area (Å²) in [7, 11) is 3.75. The monoisotopic (exact) mass is 412 g/mol. The molecule has 29 heavy (non-hydrogen) atoms. The molecule has 7 heteroatoms. The molecule has 1 aromatic heterocycles. The van der Waals surface area contributed by atoms with Crippen LogP contribution in [-0.2, 0) is 9.53 Å². The molecule has 0 unspecified atom stereocenters. The Labute approximate surface area is 172 Å². The summed E-state index contributed by atoms with van der Waals surface area (Å²) in [5, 5.41) is 4.75. The maximum atomic E-state index is 13.3. The largest absolute Gasteiger partial charge is 0.452 e. The number of nitrogens with zero attached hydrogens (tertiary/aromatic N) is 1. The van der Waals surface area contributed by atoms with Crippen molar-refractivity contribution in [3.63, 3.8) is 0 Å². The lowest BCUT2D eigenvalue weighted by atomic mass is 10.1. The van der Waals surface area contributed by atoms with Crippen LogP contribution in [0.15, 0.2) is 66.0 Å². The van der Waals surface area contributed by atoms with Gasteiger partial charge >= 0.3 is 5.97 Å². The second-order valence-electron chi connectivity index (χ2n) is 6.59. The van der Waals surface area contributed by atoms with Crippen molar-refractivity contribution in [1.82, 2.24) is 5.32 Å². The number of halogens is 1. The second-order valence-corrected chi connectivity index (χ2v) is 7.57. The third-order valence-electron chi connectivity index (χ3n) is 4.27. The molecule has 1 heterocycles. The van der Waals surface area contributed by atoms with Gasteiger partial charge < -0.3 is 15.0 Å². The van der Waals surface area contributed by atoms with E-state index in [0.29, 0.717) is 5.56 Å². The molecule has 1 atom stereocenters. The lowest BCUT2D eigenvalue weighted by Gasteiger charge is -2.18. The first kappa shape index (κ1) is 20.5. The molecule has 0 spiro atoms. The zero-order valence-corrected chi connectivity index (χ0v) is 16.9. The second kappa shape index (κ2) is 9.34. The van der Waals surface area contributed by atoms with Crippen LogP contribution in [0.3, 0.4) is 0 Å². The quantitative estimate of drug-likeness (QED) is 0.596. The molecule has 0 aliphatic heterocycles. The SMILES string of the molecule is CN(C)c1cccc(C(=O)OCC(=O)N[C@@H](c2ccc(F)cc2)c2cccs2)c1. The smallest absolute Gasteiger partial charge is 0.338 e. The lowest BCUT2D eigenvalue weighted by Crippen LogP contribution is -2.32. The number of hydrogen-bond acceptors (Lipinski definition) is 5. The molecule has 0 radical (unpaired) electrons. The maximum Gasteiger partial charge on any atom is 0.338 e. The summed E-state index contributed by atoms with van der Waals surface area (Å²) < 4.78 is 18.4. The minimum atomic E-state index is -0.571. The maximum absolute atomic E-state index is 13.3. The first-order chi connectivity index (χ1) is 13.9. The van der Waals surface area contributed by atoms with Gasteiger partial charge in [-0.05, 0) is 47.3 Å². The van der Waals surface area contributed by atoms with E-state index in [0.717, 1.165) is 16.1 Å². The van der Waals surface area contributed by atoms with E-state index in [1.54, 1.807) is 30.3 Å². The number of amides is 1. The number of carbonyl (C=O) groups is 2. The van der Waals surface area contributed by atoms with Gasteiger partial charge in [0.2, 0.25) is 0 Å². The number of benzene rings is 2. The minimum Gasteiger partial charge on any atom is -0.452 e. The summed E-state index contributed by atoms with van der Waals surface area (Å²) in [6, 6.07) is 16.2. The Balaban J connectivity index is 1.65. The molecule has 5 nitrogen and oxygen atoms in total. The molecule has 150 valence electrons. The number of carbonyl (C=O) groups excluding carboxylic acids is 2. The highest BCUT2D eigenvalue weighted by Gasteiger charge is 2.19. The number of esters is 1. The predicted octanol–water partition coefficient (Wildman–Crippen LogP) is 4.02. The van der Waals surface area contributed by atoms with E-state index in [-0.39, 0.29) is 5.82 Å². The van der Waals surface area contributed by atoms with Gasteiger partial charge in [-0.25, -0.2) is 9.18 Å². The van der Waals surface area contributed by atoms with Gasteiger partial charge in [0.15, 0.2) is 6.61 Å². The Morgan fingerprint density at radius 2 is 1.86 bits per heavy atom. The molecule has 0 saturated heterocycles. The van der Waals surface area contributed by atoms with E-state index in [2.05, 4.69) is 5.32 Å². The summed E-state index contributed by atoms with van der Waals surface area (Å²) >= 11 is 1.48. The lowest BCUT2D eigenvalue weighted by molar-refractivity contribution is -0.124. The fraction of sp³-hybridized carbons (Fsp3) is 0.182. The fourth-order valence-corrected chi connectivity index (χ4v) is 3.56. The third kappa shape index (κ3) is 5.42. The minimum absolute atomic E-state index is 0.348. The van der Waals surface area contributed by atoms with E-state index in [1.807, 2.05) is 42.6 Å². The van der Waals surface area contributed by atoms with Gasteiger partial charge in [-0.1, -0.05) is 24.3 Å². The van der Waals surface area contributed by atoms with Crippen molar-refractivity contribution < 1.29 is 18.7 Å². The number of nitrogens with one attached hydrogen (secondary N) is 1. The van der Waals surface area contributed by atoms with Crippen LogP contribution < -0.4 is 10.2 Å². The van der Waals surface area contributed by atoms with Crippen LogP contribution in [-0.4, -0.2) is 32.6 Å². The average molecular weight is 412 g/mol. The Hall–Kier alpha value is -3.19. The summed E-state index contributed by atoms with van der Waals surface area (Å²) in [5.41, 5.74) is 1.97. The molecule has 3 rings (SSSR count). The van der Waals surface area contributed by atoms with Crippen molar-refractivity contribution in [3.05, 3.63) is 87.9 Å². The molecule has 0 fully saturated rings. The zero-order chi connectivity index (χ0) is 20.8. The van der Waals surface area contributed by atoms with Gasteiger partial charge in [0.05, 0.1) is 11.6 Å². The molecule has 0 aliphatic rings. The van der Waals surface area contributed by atoms with E-state index in [9.17, 15) is 14.0 Å². The highest BCUT2D eigenvalue weighted by molar-refractivity contribution is 7.10. The molecule has 0 saturated carbocycles. The molecule has 3 aromatic rings. The van der Waals surface area contributed by atoms with Crippen LogP contribution in [0.4, 0.5) is 10.1 Å². The van der Waals surface area contributed by atoms with E-state index >= 15 is 0 Å². The van der Waals surface area contributed by atoms with Gasteiger partial charge in [-0.15, -0.1) is 11.3 Å². The first-order valence-corrected chi connectivity index (χ1v) is 9.85. The Kier molecular flexibility index (Phi) is 6.61.